The molecule has 0 saturated carbocycles. The van der Waals surface area contributed by atoms with Crippen LogP contribution in [0.2, 0.25) is 5.02 Å². The van der Waals surface area contributed by atoms with Gasteiger partial charge >= 0.3 is 5.97 Å². The standard InChI is InChI=1S/C13H16Cl2O5S/c1-4-5-8(2)20-13(16)10-6-9(14)7-11(12(10)19-3)21(15,17)18/h6-8H,4-5H2,1-3H3. The van der Waals surface area contributed by atoms with Gasteiger partial charge in [0.05, 0.1) is 13.2 Å². The minimum absolute atomic E-state index is 0.0464. The molecule has 0 fully saturated rings. The van der Waals surface area contributed by atoms with E-state index in [2.05, 4.69) is 0 Å². The highest BCUT2D eigenvalue weighted by Crippen LogP contribution is 2.34. The molecule has 0 bridgehead atoms. The Morgan fingerprint density at radius 3 is 2.48 bits per heavy atom. The second kappa shape index (κ2) is 7.33. The first-order valence-electron chi connectivity index (χ1n) is 6.23. The second-order valence-electron chi connectivity index (χ2n) is 4.43. The topological polar surface area (TPSA) is 69.7 Å². The molecule has 0 amide bonds. The van der Waals surface area contributed by atoms with E-state index in [0.717, 1.165) is 12.5 Å². The quantitative estimate of drug-likeness (QED) is 0.576. The lowest BCUT2D eigenvalue weighted by Crippen LogP contribution is -2.16. The average molecular weight is 355 g/mol. The molecule has 1 aromatic rings. The van der Waals surface area contributed by atoms with Gasteiger partial charge in [-0.2, -0.15) is 0 Å². The van der Waals surface area contributed by atoms with E-state index in [9.17, 15) is 13.2 Å². The van der Waals surface area contributed by atoms with E-state index in [-0.39, 0.29) is 27.3 Å². The number of ether oxygens (including phenoxy) is 2. The van der Waals surface area contributed by atoms with Crippen molar-refractivity contribution in [3.05, 3.63) is 22.7 Å². The predicted octanol–water partition coefficient (Wildman–Crippen LogP) is 3.62. The van der Waals surface area contributed by atoms with E-state index in [1.165, 1.54) is 13.2 Å². The first-order chi connectivity index (χ1) is 9.70. The van der Waals surface area contributed by atoms with Crippen molar-refractivity contribution >= 4 is 37.3 Å². The van der Waals surface area contributed by atoms with Crippen molar-refractivity contribution in [3.8, 4) is 5.75 Å². The first kappa shape index (κ1) is 18.1. The zero-order valence-electron chi connectivity index (χ0n) is 11.9. The van der Waals surface area contributed by atoms with Gasteiger partial charge in [0.15, 0.2) is 5.75 Å². The summed E-state index contributed by atoms with van der Waals surface area (Å²) in [7, 11) is 2.46. The number of hydrogen-bond donors (Lipinski definition) is 0. The van der Waals surface area contributed by atoms with Crippen LogP contribution < -0.4 is 4.74 Å². The van der Waals surface area contributed by atoms with Gasteiger partial charge in [-0.3, -0.25) is 0 Å². The summed E-state index contributed by atoms with van der Waals surface area (Å²) in [6, 6.07) is 2.40. The van der Waals surface area contributed by atoms with Crippen LogP contribution in [-0.2, 0) is 13.8 Å². The van der Waals surface area contributed by atoms with Gasteiger partial charge in [0.2, 0.25) is 0 Å². The van der Waals surface area contributed by atoms with Crippen molar-refractivity contribution in [1.29, 1.82) is 0 Å². The fraction of sp³-hybridized carbons (Fsp3) is 0.462. The van der Waals surface area contributed by atoms with Gasteiger partial charge in [0.25, 0.3) is 9.05 Å². The minimum atomic E-state index is -4.11. The Bertz CT molecular complexity index is 628. The summed E-state index contributed by atoms with van der Waals surface area (Å²) in [6.07, 6.45) is 1.24. The normalized spacial score (nSPS) is 12.8. The average Bonchev–Trinajstić information content (AvgIpc) is 2.36. The third kappa shape index (κ3) is 4.76. The third-order valence-electron chi connectivity index (χ3n) is 2.71. The van der Waals surface area contributed by atoms with E-state index in [1.807, 2.05) is 6.92 Å². The second-order valence-corrected chi connectivity index (χ2v) is 7.40. The van der Waals surface area contributed by atoms with Crippen LogP contribution in [0.4, 0.5) is 0 Å². The highest BCUT2D eigenvalue weighted by atomic mass is 35.7. The van der Waals surface area contributed by atoms with Crippen LogP contribution in [0.15, 0.2) is 17.0 Å². The van der Waals surface area contributed by atoms with Crippen LogP contribution in [0, 0.1) is 0 Å². The highest BCUT2D eigenvalue weighted by molar-refractivity contribution is 8.13. The third-order valence-corrected chi connectivity index (χ3v) is 4.26. The van der Waals surface area contributed by atoms with Crippen molar-refractivity contribution in [2.75, 3.05) is 7.11 Å². The Morgan fingerprint density at radius 2 is 2.00 bits per heavy atom. The molecule has 0 aliphatic carbocycles. The van der Waals surface area contributed by atoms with Crippen molar-refractivity contribution in [2.24, 2.45) is 0 Å². The van der Waals surface area contributed by atoms with E-state index in [0.29, 0.717) is 6.42 Å². The lowest BCUT2D eigenvalue weighted by atomic mass is 10.2. The molecule has 1 rings (SSSR count). The summed E-state index contributed by atoms with van der Waals surface area (Å²) in [6.45, 7) is 3.71. The molecule has 0 aromatic heterocycles. The number of carbonyl (C=O) groups excluding carboxylic acids is 1. The summed E-state index contributed by atoms with van der Waals surface area (Å²) in [5.41, 5.74) is -0.0767. The molecular weight excluding hydrogens is 339 g/mol. The molecule has 0 aliphatic heterocycles. The molecule has 1 aromatic carbocycles. The number of carbonyl (C=O) groups is 1. The van der Waals surface area contributed by atoms with Crippen LogP contribution in [0.3, 0.4) is 0 Å². The molecular formula is C13H16Cl2O5S. The summed E-state index contributed by atoms with van der Waals surface area (Å²) >= 11 is 5.84. The number of halogens is 2. The van der Waals surface area contributed by atoms with E-state index in [1.54, 1.807) is 6.92 Å². The Kier molecular flexibility index (Phi) is 6.31. The number of rotatable bonds is 6. The van der Waals surface area contributed by atoms with Crippen LogP contribution in [-0.4, -0.2) is 27.6 Å². The molecule has 0 aliphatic rings. The Hall–Kier alpha value is -0.980. The molecule has 0 spiro atoms. The SMILES string of the molecule is CCCC(C)OC(=O)c1cc(Cl)cc(S(=O)(=O)Cl)c1OC. The van der Waals surface area contributed by atoms with Gasteiger partial charge < -0.3 is 9.47 Å². The van der Waals surface area contributed by atoms with Crippen molar-refractivity contribution in [2.45, 2.75) is 37.7 Å². The van der Waals surface area contributed by atoms with Gasteiger partial charge in [0.1, 0.15) is 10.5 Å². The molecule has 1 unspecified atom stereocenters. The van der Waals surface area contributed by atoms with E-state index in [4.69, 9.17) is 31.8 Å². The smallest absolute Gasteiger partial charge is 0.342 e. The molecule has 118 valence electrons. The minimum Gasteiger partial charge on any atom is -0.494 e. The molecule has 8 heteroatoms. The zero-order valence-corrected chi connectivity index (χ0v) is 14.2. The Labute approximate surface area is 133 Å². The van der Waals surface area contributed by atoms with Crippen LogP contribution in [0.25, 0.3) is 0 Å². The maximum absolute atomic E-state index is 12.1. The zero-order chi connectivity index (χ0) is 16.2. The highest BCUT2D eigenvalue weighted by Gasteiger charge is 2.26. The van der Waals surface area contributed by atoms with Crippen molar-refractivity contribution in [3.63, 3.8) is 0 Å². The fourth-order valence-corrected chi connectivity index (χ4v) is 3.13. The summed E-state index contributed by atoms with van der Waals surface area (Å²) in [5.74, 6) is -0.889. The van der Waals surface area contributed by atoms with Crippen LogP contribution in [0.5, 0.6) is 5.75 Å². The van der Waals surface area contributed by atoms with E-state index < -0.39 is 15.0 Å². The van der Waals surface area contributed by atoms with Crippen LogP contribution >= 0.6 is 22.3 Å². The molecule has 5 nitrogen and oxygen atoms in total. The molecule has 0 N–H and O–H groups in total. The van der Waals surface area contributed by atoms with E-state index >= 15 is 0 Å². The van der Waals surface area contributed by atoms with Gasteiger partial charge in [-0.1, -0.05) is 24.9 Å². The Balaban J connectivity index is 3.30. The fourth-order valence-electron chi connectivity index (χ4n) is 1.82. The van der Waals surface area contributed by atoms with Gasteiger partial charge in [-0.15, -0.1) is 0 Å². The number of benzene rings is 1. The first-order valence-corrected chi connectivity index (χ1v) is 8.92. The maximum atomic E-state index is 12.1. The number of esters is 1. The van der Waals surface area contributed by atoms with Crippen molar-refractivity contribution in [1.82, 2.24) is 0 Å². The Morgan fingerprint density at radius 1 is 1.38 bits per heavy atom. The predicted molar refractivity (Wildman–Crippen MR) is 80.8 cm³/mol. The molecule has 0 heterocycles. The summed E-state index contributed by atoms with van der Waals surface area (Å²) in [5, 5.41) is 0.0464. The lowest BCUT2D eigenvalue weighted by Gasteiger charge is -2.15. The lowest BCUT2D eigenvalue weighted by molar-refractivity contribution is 0.0319. The number of methoxy groups -OCH3 is 1. The molecule has 0 radical (unpaired) electrons. The monoisotopic (exact) mass is 354 g/mol. The molecule has 0 saturated heterocycles. The largest absolute Gasteiger partial charge is 0.494 e. The van der Waals surface area contributed by atoms with Crippen molar-refractivity contribution < 1.29 is 22.7 Å². The van der Waals surface area contributed by atoms with Gasteiger partial charge in [-0.05, 0) is 25.5 Å². The summed E-state index contributed by atoms with van der Waals surface area (Å²) in [4.78, 5) is 11.8. The maximum Gasteiger partial charge on any atom is 0.342 e. The van der Waals surface area contributed by atoms with Crippen LogP contribution in [0.1, 0.15) is 37.0 Å². The molecule has 21 heavy (non-hydrogen) atoms. The van der Waals surface area contributed by atoms with Gasteiger partial charge in [-0.25, -0.2) is 13.2 Å². The summed E-state index contributed by atoms with van der Waals surface area (Å²) < 4.78 is 33.3. The number of hydrogen-bond acceptors (Lipinski definition) is 5. The van der Waals surface area contributed by atoms with Gasteiger partial charge in [0, 0.05) is 15.7 Å². The molecule has 1 atom stereocenters.